The predicted molar refractivity (Wildman–Crippen MR) is 84.7 cm³/mol. The van der Waals surface area contributed by atoms with Crippen molar-refractivity contribution in [1.29, 1.82) is 0 Å². The maximum atomic E-state index is 13.7. The van der Waals surface area contributed by atoms with Crippen LogP contribution in [0.2, 0.25) is 0 Å². The van der Waals surface area contributed by atoms with Crippen molar-refractivity contribution in [3.8, 4) is 11.3 Å². The molecule has 2 rings (SSSR count). The van der Waals surface area contributed by atoms with Gasteiger partial charge in [0.25, 0.3) is 0 Å². The van der Waals surface area contributed by atoms with Crippen molar-refractivity contribution >= 4 is 11.9 Å². The van der Waals surface area contributed by atoms with Crippen LogP contribution in [0.5, 0.6) is 0 Å². The summed E-state index contributed by atoms with van der Waals surface area (Å²) in [4.78, 5) is 27.0. The van der Waals surface area contributed by atoms with E-state index in [9.17, 15) is 18.4 Å². The molecule has 0 aliphatic rings. The van der Waals surface area contributed by atoms with Crippen LogP contribution in [0.1, 0.15) is 32.6 Å². The lowest BCUT2D eigenvalue weighted by atomic mass is 9.99. The SMILES string of the molecule is CCC(C)(NC(=O)CCc1ncc(-c2ccc(F)cc2F)o1)C(=O)O. The van der Waals surface area contributed by atoms with E-state index >= 15 is 0 Å². The summed E-state index contributed by atoms with van der Waals surface area (Å²) in [5.41, 5.74) is -1.27. The molecule has 0 saturated heterocycles. The van der Waals surface area contributed by atoms with Crippen LogP contribution in [-0.2, 0) is 16.0 Å². The Morgan fingerprint density at radius 1 is 1.36 bits per heavy atom. The second-order valence-corrected chi connectivity index (χ2v) is 5.78. The van der Waals surface area contributed by atoms with E-state index in [1.165, 1.54) is 19.2 Å². The molecule has 25 heavy (non-hydrogen) atoms. The number of amides is 1. The predicted octanol–water partition coefficient (Wildman–Crippen LogP) is 2.92. The van der Waals surface area contributed by atoms with Crippen LogP contribution in [-0.4, -0.2) is 27.5 Å². The van der Waals surface area contributed by atoms with Gasteiger partial charge < -0.3 is 14.8 Å². The van der Waals surface area contributed by atoms with Crippen LogP contribution in [0.25, 0.3) is 11.3 Å². The Bertz CT molecular complexity index is 791. The number of oxazole rings is 1. The molecule has 1 aromatic heterocycles. The number of nitrogens with zero attached hydrogens (tertiary/aromatic N) is 1. The van der Waals surface area contributed by atoms with E-state index in [2.05, 4.69) is 10.3 Å². The smallest absolute Gasteiger partial charge is 0.329 e. The summed E-state index contributed by atoms with van der Waals surface area (Å²) in [5.74, 6) is -2.73. The van der Waals surface area contributed by atoms with E-state index in [1.54, 1.807) is 6.92 Å². The molecule has 0 saturated carbocycles. The molecule has 6 nitrogen and oxygen atoms in total. The number of aromatic nitrogens is 1. The molecule has 1 aromatic carbocycles. The van der Waals surface area contributed by atoms with Gasteiger partial charge in [0.1, 0.15) is 17.2 Å². The topological polar surface area (TPSA) is 92.4 Å². The normalized spacial score (nSPS) is 13.3. The van der Waals surface area contributed by atoms with Crippen molar-refractivity contribution in [3.63, 3.8) is 0 Å². The Kier molecular flexibility index (Phi) is 5.51. The fourth-order valence-corrected chi connectivity index (χ4v) is 2.12. The van der Waals surface area contributed by atoms with E-state index in [0.29, 0.717) is 0 Å². The number of nitrogens with one attached hydrogen (secondary N) is 1. The maximum absolute atomic E-state index is 13.7. The van der Waals surface area contributed by atoms with Crippen LogP contribution in [0.3, 0.4) is 0 Å². The Balaban J connectivity index is 2.00. The molecule has 2 aromatic rings. The number of benzene rings is 1. The van der Waals surface area contributed by atoms with Gasteiger partial charge in [-0.1, -0.05) is 6.92 Å². The third-order valence-electron chi connectivity index (χ3n) is 3.91. The van der Waals surface area contributed by atoms with E-state index in [4.69, 9.17) is 9.52 Å². The summed E-state index contributed by atoms with van der Waals surface area (Å²) >= 11 is 0. The lowest BCUT2D eigenvalue weighted by Gasteiger charge is -2.24. The average Bonchev–Trinajstić information content (AvgIpc) is 3.01. The van der Waals surface area contributed by atoms with Gasteiger partial charge in [-0.05, 0) is 25.5 Å². The van der Waals surface area contributed by atoms with Crippen LogP contribution in [0.15, 0.2) is 28.8 Å². The number of aryl methyl sites for hydroxylation is 1. The first-order valence-corrected chi connectivity index (χ1v) is 7.69. The molecule has 1 amide bonds. The number of rotatable bonds is 7. The van der Waals surface area contributed by atoms with Gasteiger partial charge in [-0.3, -0.25) is 4.79 Å². The zero-order valence-electron chi connectivity index (χ0n) is 13.8. The Morgan fingerprint density at radius 3 is 2.68 bits per heavy atom. The number of halogens is 2. The van der Waals surface area contributed by atoms with Crippen LogP contribution in [0.4, 0.5) is 8.78 Å². The van der Waals surface area contributed by atoms with Crippen molar-refractivity contribution < 1.29 is 27.9 Å². The summed E-state index contributed by atoms with van der Waals surface area (Å²) in [6.45, 7) is 3.08. The van der Waals surface area contributed by atoms with E-state index < -0.39 is 29.0 Å². The quantitative estimate of drug-likeness (QED) is 0.799. The summed E-state index contributed by atoms with van der Waals surface area (Å²) in [6.07, 6.45) is 1.61. The highest BCUT2D eigenvalue weighted by Gasteiger charge is 2.32. The first kappa shape index (κ1) is 18.6. The molecular formula is C17H18F2N2O4. The first-order valence-electron chi connectivity index (χ1n) is 7.69. The lowest BCUT2D eigenvalue weighted by molar-refractivity contribution is -0.147. The minimum atomic E-state index is -1.34. The molecule has 0 aliphatic heterocycles. The lowest BCUT2D eigenvalue weighted by Crippen LogP contribution is -2.51. The first-order chi connectivity index (χ1) is 11.7. The Morgan fingerprint density at radius 2 is 2.08 bits per heavy atom. The zero-order chi connectivity index (χ0) is 18.6. The van der Waals surface area contributed by atoms with Gasteiger partial charge in [0.15, 0.2) is 11.7 Å². The fraction of sp³-hybridized carbons (Fsp3) is 0.353. The number of carbonyl (C=O) groups is 2. The monoisotopic (exact) mass is 352 g/mol. The third kappa shape index (κ3) is 4.40. The van der Waals surface area contributed by atoms with E-state index in [1.807, 2.05) is 0 Å². The molecule has 1 unspecified atom stereocenters. The highest BCUT2D eigenvalue weighted by molar-refractivity contribution is 5.86. The summed E-state index contributed by atoms with van der Waals surface area (Å²) in [7, 11) is 0. The summed E-state index contributed by atoms with van der Waals surface area (Å²) < 4.78 is 32.0. The van der Waals surface area contributed by atoms with Crippen molar-refractivity contribution in [3.05, 3.63) is 41.9 Å². The molecule has 1 heterocycles. The molecule has 0 radical (unpaired) electrons. The molecule has 2 N–H and O–H groups in total. The van der Waals surface area contributed by atoms with Gasteiger partial charge in [-0.2, -0.15) is 0 Å². The highest BCUT2D eigenvalue weighted by atomic mass is 19.1. The molecule has 134 valence electrons. The average molecular weight is 352 g/mol. The Labute approximate surface area is 142 Å². The highest BCUT2D eigenvalue weighted by Crippen LogP contribution is 2.24. The number of carboxylic acids is 1. The van der Waals surface area contributed by atoms with Crippen LogP contribution < -0.4 is 5.32 Å². The summed E-state index contributed by atoms with van der Waals surface area (Å²) in [5, 5.41) is 11.6. The number of hydrogen-bond acceptors (Lipinski definition) is 4. The fourth-order valence-electron chi connectivity index (χ4n) is 2.12. The summed E-state index contributed by atoms with van der Waals surface area (Å²) in [6, 6.07) is 3.08. The number of hydrogen-bond donors (Lipinski definition) is 2. The zero-order valence-corrected chi connectivity index (χ0v) is 13.8. The molecular weight excluding hydrogens is 334 g/mol. The van der Waals surface area contributed by atoms with Crippen molar-refractivity contribution in [2.24, 2.45) is 0 Å². The van der Waals surface area contributed by atoms with Gasteiger partial charge in [0.05, 0.1) is 11.8 Å². The number of carbonyl (C=O) groups excluding carboxylic acids is 1. The molecule has 8 heteroatoms. The molecule has 0 fully saturated rings. The molecule has 0 aliphatic carbocycles. The van der Waals surface area contributed by atoms with E-state index in [0.717, 1.165) is 12.1 Å². The van der Waals surface area contributed by atoms with Crippen molar-refractivity contribution in [2.75, 3.05) is 0 Å². The molecule has 0 spiro atoms. The molecule has 1 atom stereocenters. The second-order valence-electron chi connectivity index (χ2n) is 5.78. The van der Waals surface area contributed by atoms with Crippen molar-refractivity contribution in [2.45, 2.75) is 38.6 Å². The van der Waals surface area contributed by atoms with E-state index in [-0.39, 0.29) is 36.5 Å². The van der Waals surface area contributed by atoms with Gasteiger partial charge in [-0.15, -0.1) is 0 Å². The van der Waals surface area contributed by atoms with Gasteiger partial charge in [-0.25, -0.2) is 18.6 Å². The van der Waals surface area contributed by atoms with Gasteiger partial charge in [0, 0.05) is 18.9 Å². The van der Waals surface area contributed by atoms with Gasteiger partial charge in [0.2, 0.25) is 5.91 Å². The largest absolute Gasteiger partial charge is 0.480 e. The number of aliphatic carboxylic acids is 1. The molecule has 0 bridgehead atoms. The number of carboxylic acid groups (broad SMARTS) is 1. The van der Waals surface area contributed by atoms with Crippen LogP contribution >= 0.6 is 0 Å². The maximum Gasteiger partial charge on any atom is 0.329 e. The Hall–Kier alpha value is -2.77. The van der Waals surface area contributed by atoms with Gasteiger partial charge >= 0.3 is 5.97 Å². The minimum Gasteiger partial charge on any atom is -0.480 e. The van der Waals surface area contributed by atoms with Crippen molar-refractivity contribution in [1.82, 2.24) is 10.3 Å². The standard InChI is InChI=1S/C17H18F2N2O4/c1-3-17(2,16(23)24)21-14(22)6-7-15-20-9-13(25-15)11-5-4-10(18)8-12(11)19/h4-5,8-9H,3,6-7H2,1-2H3,(H,21,22)(H,23,24). The minimum absolute atomic E-state index is 0.0330. The van der Waals surface area contributed by atoms with Crippen LogP contribution in [0, 0.1) is 11.6 Å². The third-order valence-corrected chi connectivity index (χ3v) is 3.91. The second kappa shape index (κ2) is 7.42.